The van der Waals surface area contributed by atoms with Gasteiger partial charge >= 0.3 is 0 Å². The highest BCUT2D eigenvalue weighted by Gasteiger charge is 2.19. The fourth-order valence-electron chi connectivity index (χ4n) is 4.16. The molecule has 5 heteroatoms. The summed E-state index contributed by atoms with van der Waals surface area (Å²) in [6.07, 6.45) is 2.54. The Bertz CT molecular complexity index is 1100. The molecule has 0 spiro atoms. The smallest absolute Gasteiger partial charge is 0.222 e. The molecule has 0 aliphatic carbocycles. The van der Waals surface area contributed by atoms with Crippen molar-refractivity contribution in [1.29, 1.82) is 0 Å². The molecule has 0 unspecified atom stereocenters. The first kappa shape index (κ1) is 22.8. The number of pyridine rings is 1. The largest absolute Gasteiger partial charge is 0.508 e. The number of anilines is 1. The Morgan fingerprint density at radius 2 is 1.67 bits per heavy atom. The second-order valence-electron chi connectivity index (χ2n) is 9.77. The van der Waals surface area contributed by atoms with Gasteiger partial charge in [-0.05, 0) is 71.3 Å². The summed E-state index contributed by atoms with van der Waals surface area (Å²) in [5.41, 5.74) is 5.43. The van der Waals surface area contributed by atoms with Crippen LogP contribution in [0.15, 0.2) is 60.7 Å². The number of carbonyl (C=O) groups is 1. The number of likely N-dealkylation sites (tertiary alicyclic amines) is 1. The maximum absolute atomic E-state index is 11.8. The number of phenols is 1. The van der Waals surface area contributed by atoms with Crippen molar-refractivity contribution in [3.8, 4) is 28.1 Å². The van der Waals surface area contributed by atoms with Crippen LogP contribution in [0, 0.1) is 0 Å². The van der Waals surface area contributed by atoms with Crippen LogP contribution >= 0.6 is 0 Å². The molecule has 1 aromatic heterocycles. The summed E-state index contributed by atoms with van der Waals surface area (Å²) in [6.45, 7) is 9.06. The quantitative estimate of drug-likeness (QED) is 0.450. The summed E-state index contributed by atoms with van der Waals surface area (Å²) in [5, 5.41) is 13.1. The molecule has 0 saturated carbocycles. The highest BCUT2D eigenvalue weighted by Crippen LogP contribution is 2.30. The number of phenolic OH excluding ortho intramolecular Hbond substituents is 1. The summed E-state index contributed by atoms with van der Waals surface area (Å²) in [7, 11) is 0. The molecule has 1 aliphatic rings. The number of carbonyl (C=O) groups excluding carboxylic acids is 1. The van der Waals surface area contributed by atoms with Gasteiger partial charge in [-0.15, -0.1) is 0 Å². The summed E-state index contributed by atoms with van der Waals surface area (Å²) in [4.78, 5) is 18.6. The van der Waals surface area contributed by atoms with Gasteiger partial charge in [0.2, 0.25) is 5.91 Å². The van der Waals surface area contributed by atoms with E-state index in [0.717, 1.165) is 60.7 Å². The number of nitrogens with one attached hydrogen (secondary N) is 1. The average Bonchev–Trinajstić information content (AvgIpc) is 3.21. The Kier molecular flexibility index (Phi) is 6.68. The molecule has 1 amide bonds. The molecule has 33 heavy (non-hydrogen) atoms. The first-order valence-corrected chi connectivity index (χ1v) is 11.7. The van der Waals surface area contributed by atoms with E-state index >= 15 is 0 Å². The van der Waals surface area contributed by atoms with Crippen LogP contribution in [0.4, 0.5) is 5.82 Å². The topological polar surface area (TPSA) is 65.5 Å². The van der Waals surface area contributed by atoms with E-state index in [9.17, 15) is 9.90 Å². The van der Waals surface area contributed by atoms with E-state index in [1.165, 1.54) is 5.56 Å². The molecular weight excluding hydrogens is 410 g/mol. The number of rotatable bonds is 7. The van der Waals surface area contributed by atoms with E-state index < -0.39 is 0 Å². The van der Waals surface area contributed by atoms with Crippen molar-refractivity contribution < 1.29 is 9.90 Å². The molecule has 0 radical (unpaired) electrons. The van der Waals surface area contributed by atoms with Crippen LogP contribution in [0.3, 0.4) is 0 Å². The maximum atomic E-state index is 11.8. The zero-order valence-corrected chi connectivity index (χ0v) is 19.8. The predicted octanol–water partition coefficient (Wildman–Crippen LogP) is 5.84. The molecule has 1 fully saturated rings. The van der Waals surface area contributed by atoms with Crippen molar-refractivity contribution >= 4 is 11.7 Å². The second-order valence-corrected chi connectivity index (χ2v) is 9.77. The fraction of sp³-hybridized carbons (Fsp3) is 0.357. The van der Waals surface area contributed by atoms with E-state index in [1.54, 1.807) is 12.1 Å². The Morgan fingerprint density at radius 1 is 0.970 bits per heavy atom. The van der Waals surface area contributed by atoms with Crippen molar-refractivity contribution in [3.63, 3.8) is 0 Å². The molecular formula is C28H33N3O2. The third-order valence-corrected chi connectivity index (χ3v) is 6.15. The van der Waals surface area contributed by atoms with E-state index in [0.29, 0.717) is 6.42 Å². The molecule has 5 nitrogen and oxygen atoms in total. The molecule has 1 aliphatic heterocycles. The van der Waals surface area contributed by atoms with Gasteiger partial charge in [-0.25, -0.2) is 4.98 Å². The van der Waals surface area contributed by atoms with E-state index in [2.05, 4.69) is 62.5 Å². The first-order valence-electron chi connectivity index (χ1n) is 11.7. The summed E-state index contributed by atoms with van der Waals surface area (Å²) >= 11 is 0. The molecule has 3 aromatic rings. The molecule has 0 atom stereocenters. The Labute approximate surface area is 196 Å². The lowest BCUT2D eigenvalue weighted by Gasteiger charge is -2.19. The van der Waals surface area contributed by atoms with Gasteiger partial charge in [0.05, 0.1) is 5.69 Å². The number of aromatic nitrogens is 1. The van der Waals surface area contributed by atoms with Gasteiger partial charge in [0.15, 0.2) is 0 Å². The highest BCUT2D eigenvalue weighted by molar-refractivity contribution is 5.78. The van der Waals surface area contributed by atoms with E-state index in [1.807, 2.05) is 17.0 Å². The number of hydrogen-bond donors (Lipinski definition) is 2. The summed E-state index contributed by atoms with van der Waals surface area (Å²) in [5.74, 6) is 1.31. The Balaban J connectivity index is 1.56. The van der Waals surface area contributed by atoms with E-state index in [-0.39, 0.29) is 17.1 Å². The van der Waals surface area contributed by atoms with Gasteiger partial charge in [-0.3, -0.25) is 4.79 Å². The van der Waals surface area contributed by atoms with Gasteiger partial charge in [-0.2, -0.15) is 0 Å². The number of amides is 1. The third kappa shape index (κ3) is 5.72. The van der Waals surface area contributed by atoms with Gasteiger partial charge < -0.3 is 15.3 Å². The fourth-order valence-corrected chi connectivity index (χ4v) is 4.16. The number of aromatic hydroxyl groups is 1. The first-order chi connectivity index (χ1) is 15.8. The molecule has 2 heterocycles. The zero-order valence-electron chi connectivity index (χ0n) is 19.8. The van der Waals surface area contributed by atoms with Crippen molar-refractivity contribution in [2.45, 2.75) is 45.4 Å². The van der Waals surface area contributed by atoms with Crippen LogP contribution in [0.25, 0.3) is 22.4 Å². The van der Waals surface area contributed by atoms with Crippen LogP contribution in [0.1, 0.15) is 45.6 Å². The van der Waals surface area contributed by atoms with E-state index in [4.69, 9.17) is 4.98 Å². The minimum Gasteiger partial charge on any atom is -0.508 e. The lowest BCUT2D eigenvalue weighted by molar-refractivity contribution is -0.127. The number of nitrogens with zero attached hydrogens (tertiary/aromatic N) is 2. The predicted molar refractivity (Wildman–Crippen MR) is 134 cm³/mol. The van der Waals surface area contributed by atoms with Crippen LogP contribution in [0.2, 0.25) is 0 Å². The van der Waals surface area contributed by atoms with Crippen LogP contribution in [-0.4, -0.2) is 40.5 Å². The van der Waals surface area contributed by atoms with Crippen molar-refractivity contribution in [2.75, 3.05) is 25.0 Å². The Morgan fingerprint density at radius 3 is 2.30 bits per heavy atom. The lowest BCUT2D eigenvalue weighted by atomic mass is 9.86. The average molecular weight is 444 g/mol. The monoisotopic (exact) mass is 443 g/mol. The van der Waals surface area contributed by atoms with Crippen molar-refractivity contribution in [2.24, 2.45) is 0 Å². The van der Waals surface area contributed by atoms with Gasteiger partial charge in [-0.1, -0.05) is 45.0 Å². The molecule has 0 bridgehead atoms. The third-order valence-electron chi connectivity index (χ3n) is 6.15. The van der Waals surface area contributed by atoms with Gasteiger partial charge in [0, 0.05) is 31.6 Å². The number of benzene rings is 2. The minimum absolute atomic E-state index is 0.109. The standard InChI is InChI=1S/C28H33N3O2/c1-28(2,3)23-11-7-20(8-12-23)22-18-25(21-9-13-24(32)14-10-21)30-26(19-22)29-15-5-17-31-16-4-6-27(31)33/h7-14,18-19,32H,4-6,15-17H2,1-3H3,(H,29,30). The SMILES string of the molecule is CC(C)(C)c1ccc(-c2cc(NCCCN3CCCC3=O)nc(-c3ccc(O)cc3)c2)cc1. The van der Waals surface area contributed by atoms with Gasteiger partial charge in [0.1, 0.15) is 11.6 Å². The van der Waals surface area contributed by atoms with Crippen LogP contribution < -0.4 is 5.32 Å². The molecule has 2 N–H and O–H groups in total. The lowest BCUT2D eigenvalue weighted by Crippen LogP contribution is -2.27. The molecule has 4 rings (SSSR count). The summed E-state index contributed by atoms with van der Waals surface area (Å²) < 4.78 is 0. The molecule has 1 saturated heterocycles. The highest BCUT2D eigenvalue weighted by atomic mass is 16.3. The van der Waals surface area contributed by atoms with Crippen LogP contribution in [-0.2, 0) is 10.2 Å². The van der Waals surface area contributed by atoms with Crippen molar-refractivity contribution in [1.82, 2.24) is 9.88 Å². The summed E-state index contributed by atoms with van der Waals surface area (Å²) in [6, 6.07) is 20.0. The van der Waals surface area contributed by atoms with Crippen LogP contribution in [0.5, 0.6) is 5.75 Å². The molecule has 2 aromatic carbocycles. The maximum Gasteiger partial charge on any atom is 0.222 e. The number of hydrogen-bond acceptors (Lipinski definition) is 4. The second kappa shape index (κ2) is 9.65. The van der Waals surface area contributed by atoms with Gasteiger partial charge in [0.25, 0.3) is 0 Å². The normalized spacial score (nSPS) is 14.0. The zero-order chi connectivity index (χ0) is 23.4. The Hall–Kier alpha value is -3.34. The minimum atomic E-state index is 0.109. The molecule has 172 valence electrons. The van der Waals surface area contributed by atoms with Crippen molar-refractivity contribution in [3.05, 3.63) is 66.2 Å².